The zero-order valence-electron chi connectivity index (χ0n) is 18.4. The van der Waals surface area contributed by atoms with Crippen molar-refractivity contribution in [2.45, 2.75) is 20.8 Å². The minimum Gasteiger partial charge on any atom is -0.462 e. The van der Waals surface area contributed by atoms with Crippen LogP contribution in [0.25, 0.3) is 28.5 Å². The van der Waals surface area contributed by atoms with Gasteiger partial charge in [0.25, 0.3) is 0 Å². The first-order valence-corrected chi connectivity index (χ1v) is 10.3. The van der Waals surface area contributed by atoms with E-state index in [-0.39, 0.29) is 11.8 Å². The molecule has 162 valence electrons. The molecule has 0 saturated carbocycles. The van der Waals surface area contributed by atoms with Crippen molar-refractivity contribution in [2.24, 2.45) is 0 Å². The number of carbonyl (C=O) groups excluding carboxylic acids is 1. The van der Waals surface area contributed by atoms with Crippen LogP contribution in [0.2, 0.25) is 0 Å². The van der Waals surface area contributed by atoms with Gasteiger partial charge in [-0.3, -0.25) is 0 Å². The number of anilines is 1. The van der Waals surface area contributed by atoms with E-state index in [0.717, 1.165) is 16.7 Å². The first-order chi connectivity index (χ1) is 15.9. The van der Waals surface area contributed by atoms with Crippen molar-refractivity contribution in [2.75, 3.05) is 12.3 Å². The number of hydrogen-bond acceptors (Lipinski definition) is 7. The number of nitriles is 2. The molecule has 0 spiro atoms. The highest BCUT2D eigenvalue weighted by atomic mass is 16.5. The lowest BCUT2D eigenvalue weighted by Gasteiger charge is -2.10. The predicted molar refractivity (Wildman–Crippen MR) is 124 cm³/mol. The van der Waals surface area contributed by atoms with Gasteiger partial charge in [-0.05, 0) is 67.8 Å². The van der Waals surface area contributed by atoms with Crippen LogP contribution in [0.3, 0.4) is 0 Å². The standard InChI is InChI=1S/C26H20N4O3/c1-4-32-26(31)17-7-5-16(6-8-17)22-10-9-18(33-22)11-19-14(2)20(12-27)24-23(19)15(3)21(13-28)25(29)30-24/h5-11H,4H2,1-3H3,(H2,29,30)/b19-11+. The zero-order valence-corrected chi connectivity index (χ0v) is 18.4. The first-order valence-electron chi connectivity index (χ1n) is 10.3. The summed E-state index contributed by atoms with van der Waals surface area (Å²) in [6, 6.07) is 14.9. The maximum absolute atomic E-state index is 11.9. The van der Waals surface area contributed by atoms with Gasteiger partial charge in [0.2, 0.25) is 0 Å². The van der Waals surface area contributed by atoms with Gasteiger partial charge in [0, 0.05) is 11.1 Å². The number of furan rings is 1. The van der Waals surface area contributed by atoms with E-state index < -0.39 is 0 Å². The van der Waals surface area contributed by atoms with Crippen LogP contribution in [0, 0.1) is 29.6 Å². The fourth-order valence-corrected chi connectivity index (χ4v) is 3.91. The lowest BCUT2D eigenvalue weighted by molar-refractivity contribution is 0.0526. The molecule has 0 fully saturated rings. The number of fused-ring (bicyclic) bond motifs is 1. The quantitative estimate of drug-likeness (QED) is 0.562. The Morgan fingerprint density at radius 1 is 1.15 bits per heavy atom. The van der Waals surface area contributed by atoms with Gasteiger partial charge in [-0.1, -0.05) is 12.1 Å². The summed E-state index contributed by atoms with van der Waals surface area (Å²) in [5.74, 6) is 0.948. The molecule has 2 aromatic heterocycles. The van der Waals surface area contributed by atoms with Gasteiger partial charge in [0.1, 0.15) is 29.5 Å². The topological polar surface area (TPSA) is 126 Å². The van der Waals surface area contributed by atoms with Crippen molar-refractivity contribution in [1.29, 1.82) is 10.5 Å². The number of nitrogens with zero attached hydrogens (tertiary/aromatic N) is 3. The number of nitrogen functional groups attached to an aromatic ring is 1. The predicted octanol–water partition coefficient (Wildman–Crippen LogP) is 5.13. The van der Waals surface area contributed by atoms with Gasteiger partial charge < -0.3 is 14.9 Å². The SMILES string of the molecule is CCOC(=O)c1ccc(-c2ccc(/C=C3\C(C)=C(C#N)c4nc(N)c(C#N)c(C)c43)o2)cc1. The Bertz CT molecular complexity index is 1430. The molecule has 0 amide bonds. The number of hydrogen-bond donors (Lipinski definition) is 1. The average molecular weight is 436 g/mol. The van der Waals surface area contributed by atoms with E-state index in [1.54, 1.807) is 38.1 Å². The van der Waals surface area contributed by atoms with Crippen molar-refractivity contribution in [3.8, 4) is 23.5 Å². The molecule has 0 saturated heterocycles. The smallest absolute Gasteiger partial charge is 0.338 e. The lowest BCUT2D eigenvalue weighted by Crippen LogP contribution is -2.03. The summed E-state index contributed by atoms with van der Waals surface area (Å²) in [6.45, 7) is 5.72. The highest BCUT2D eigenvalue weighted by Crippen LogP contribution is 2.44. The van der Waals surface area contributed by atoms with Crippen LogP contribution in [0.15, 0.2) is 46.4 Å². The van der Waals surface area contributed by atoms with Crippen molar-refractivity contribution < 1.29 is 13.9 Å². The summed E-state index contributed by atoms with van der Waals surface area (Å²) in [5, 5.41) is 19.2. The van der Waals surface area contributed by atoms with E-state index in [1.165, 1.54) is 0 Å². The number of pyridine rings is 1. The van der Waals surface area contributed by atoms with E-state index in [9.17, 15) is 15.3 Å². The maximum Gasteiger partial charge on any atom is 0.338 e. The zero-order chi connectivity index (χ0) is 23.7. The van der Waals surface area contributed by atoms with Gasteiger partial charge in [0.15, 0.2) is 0 Å². The van der Waals surface area contributed by atoms with E-state index in [0.29, 0.717) is 51.6 Å². The molecule has 0 bridgehead atoms. The van der Waals surface area contributed by atoms with Crippen LogP contribution in [0.1, 0.15) is 52.3 Å². The average Bonchev–Trinajstić information content (AvgIpc) is 3.37. The number of aromatic nitrogens is 1. The van der Waals surface area contributed by atoms with Crippen LogP contribution in [-0.4, -0.2) is 17.6 Å². The number of benzene rings is 1. The van der Waals surface area contributed by atoms with Crippen LogP contribution in [0.5, 0.6) is 0 Å². The number of carbonyl (C=O) groups is 1. The molecule has 33 heavy (non-hydrogen) atoms. The van der Waals surface area contributed by atoms with E-state index >= 15 is 0 Å². The Morgan fingerprint density at radius 3 is 2.52 bits per heavy atom. The lowest BCUT2D eigenvalue weighted by atomic mass is 9.96. The van der Waals surface area contributed by atoms with Gasteiger partial charge in [-0.2, -0.15) is 10.5 Å². The van der Waals surface area contributed by atoms with Crippen molar-refractivity contribution in [3.05, 3.63) is 75.7 Å². The third kappa shape index (κ3) is 3.66. The van der Waals surface area contributed by atoms with Gasteiger partial charge >= 0.3 is 5.97 Å². The van der Waals surface area contributed by atoms with E-state index in [4.69, 9.17) is 14.9 Å². The van der Waals surface area contributed by atoms with Gasteiger partial charge in [-0.15, -0.1) is 0 Å². The molecule has 1 aromatic carbocycles. The molecule has 0 unspecified atom stereocenters. The number of ether oxygens (including phenoxy) is 1. The summed E-state index contributed by atoms with van der Waals surface area (Å²) >= 11 is 0. The third-order valence-electron chi connectivity index (χ3n) is 5.58. The molecule has 2 heterocycles. The summed E-state index contributed by atoms with van der Waals surface area (Å²) in [7, 11) is 0. The molecular weight excluding hydrogens is 416 g/mol. The summed E-state index contributed by atoms with van der Waals surface area (Å²) < 4.78 is 11.0. The molecule has 0 atom stereocenters. The molecule has 0 aliphatic heterocycles. The third-order valence-corrected chi connectivity index (χ3v) is 5.58. The minimum atomic E-state index is -0.370. The molecule has 0 radical (unpaired) electrons. The highest BCUT2D eigenvalue weighted by molar-refractivity contribution is 6.08. The summed E-state index contributed by atoms with van der Waals surface area (Å²) in [4.78, 5) is 16.2. The summed E-state index contributed by atoms with van der Waals surface area (Å²) in [5.41, 5.74) is 11.3. The fraction of sp³-hybridized carbons (Fsp3) is 0.154. The Balaban J connectivity index is 1.74. The summed E-state index contributed by atoms with van der Waals surface area (Å²) in [6.07, 6.45) is 1.83. The largest absolute Gasteiger partial charge is 0.462 e. The second-order valence-electron chi connectivity index (χ2n) is 7.50. The molecule has 1 aliphatic rings. The number of nitrogens with two attached hydrogens (primary N) is 1. The monoisotopic (exact) mass is 436 g/mol. The van der Waals surface area contributed by atoms with Crippen LogP contribution >= 0.6 is 0 Å². The fourth-order valence-electron chi connectivity index (χ4n) is 3.91. The Kier molecular flexibility index (Phi) is 5.56. The van der Waals surface area contributed by atoms with Crippen molar-refractivity contribution in [3.63, 3.8) is 0 Å². The Labute approximate surface area is 191 Å². The van der Waals surface area contributed by atoms with Gasteiger partial charge in [-0.25, -0.2) is 9.78 Å². The first kappa shape index (κ1) is 21.6. The molecule has 7 heteroatoms. The molecule has 3 aromatic rings. The van der Waals surface area contributed by atoms with E-state index in [2.05, 4.69) is 17.1 Å². The molecule has 1 aliphatic carbocycles. The minimum absolute atomic E-state index is 0.113. The van der Waals surface area contributed by atoms with Gasteiger partial charge in [0.05, 0.1) is 29.0 Å². The van der Waals surface area contributed by atoms with Crippen molar-refractivity contribution in [1.82, 2.24) is 4.98 Å². The molecule has 4 rings (SSSR count). The normalized spacial score (nSPS) is 13.5. The molecule has 7 nitrogen and oxygen atoms in total. The molecule has 2 N–H and O–H groups in total. The second-order valence-corrected chi connectivity index (χ2v) is 7.50. The van der Waals surface area contributed by atoms with Crippen molar-refractivity contribution >= 4 is 29.0 Å². The van der Waals surface area contributed by atoms with E-state index in [1.807, 2.05) is 25.1 Å². The Hall–Kier alpha value is -4.62. The maximum atomic E-state index is 11.9. The second kappa shape index (κ2) is 8.49. The number of allylic oxidation sites excluding steroid dienone is 3. The Morgan fingerprint density at radius 2 is 1.88 bits per heavy atom. The number of esters is 1. The number of rotatable bonds is 4. The van der Waals surface area contributed by atoms with Crippen LogP contribution in [0.4, 0.5) is 5.82 Å². The van der Waals surface area contributed by atoms with Crippen LogP contribution < -0.4 is 5.73 Å². The van der Waals surface area contributed by atoms with Crippen LogP contribution in [-0.2, 0) is 4.74 Å². The highest BCUT2D eigenvalue weighted by Gasteiger charge is 2.29. The molecular formula is C26H20N4O3.